The van der Waals surface area contributed by atoms with Crippen LogP contribution in [0.2, 0.25) is 0 Å². The quantitative estimate of drug-likeness (QED) is 0.0487. The summed E-state index contributed by atoms with van der Waals surface area (Å²) >= 11 is 0. The van der Waals surface area contributed by atoms with Gasteiger partial charge in [-0.2, -0.15) is 0 Å². The van der Waals surface area contributed by atoms with E-state index in [4.69, 9.17) is 34.3 Å². The average Bonchev–Trinajstić information content (AvgIpc) is 2.94. The van der Waals surface area contributed by atoms with Crippen molar-refractivity contribution in [3.63, 3.8) is 0 Å². The van der Waals surface area contributed by atoms with Gasteiger partial charge in [-0.3, -0.25) is 14.4 Å². The van der Waals surface area contributed by atoms with E-state index in [9.17, 15) is 19.5 Å². The van der Waals surface area contributed by atoms with Gasteiger partial charge in [-0.15, -0.1) is 0 Å². The minimum absolute atomic E-state index is 0.0288. The fraction of sp³-hybridized carbons (Fsp3) is 0.679. The molecular formula is C28H53N3O11. The van der Waals surface area contributed by atoms with Crippen molar-refractivity contribution in [3.8, 4) is 0 Å². The van der Waals surface area contributed by atoms with Crippen LogP contribution in [0.5, 0.6) is 0 Å². The van der Waals surface area contributed by atoms with Gasteiger partial charge in [-0.25, -0.2) is 0 Å². The molecule has 246 valence electrons. The second-order valence-electron chi connectivity index (χ2n) is 8.83. The maximum atomic E-state index is 11.1. The second kappa shape index (κ2) is 29.8. The smallest absolute Gasteiger partial charge is 0.246 e. The number of ether oxygens (including phenoxy) is 4. The highest BCUT2D eigenvalue weighted by atomic mass is 16.7. The Bertz CT molecular complexity index is 778. The molecule has 0 aliphatic heterocycles. The Morgan fingerprint density at radius 2 is 1.10 bits per heavy atom. The number of nitrogens with one attached hydrogen (secondary N) is 3. The van der Waals surface area contributed by atoms with E-state index in [2.05, 4.69) is 35.7 Å². The summed E-state index contributed by atoms with van der Waals surface area (Å²) in [4.78, 5) is 32.6. The molecule has 0 aromatic rings. The van der Waals surface area contributed by atoms with Crippen LogP contribution in [0.25, 0.3) is 0 Å². The molecule has 0 spiro atoms. The van der Waals surface area contributed by atoms with E-state index in [1.807, 2.05) is 6.92 Å². The van der Waals surface area contributed by atoms with E-state index >= 15 is 0 Å². The zero-order valence-corrected chi connectivity index (χ0v) is 25.8. The van der Waals surface area contributed by atoms with Crippen molar-refractivity contribution in [1.82, 2.24) is 16.0 Å². The largest absolute Gasteiger partial charge is 0.395 e. The molecule has 0 rings (SSSR count). The highest BCUT2D eigenvalue weighted by Gasteiger charge is 2.08. The van der Waals surface area contributed by atoms with E-state index in [0.717, 1.165) is 0 Å². The molecule has 7 N–H and O–H groups in total. The van der Waals surface area contributed by atoms with E-state index in [-0.39, 0.29) is 57.0 Å². The molecule has 0 radical (unpaired) electrons. The maximum Gasteiger partial charge on any atom is 0.246 e. The third-order valence-corrected chi connectivity index (χ3v) is 4.38. The molecule has 14 heteroatoms. The van der Waals surface area contributed by atoms with Crippen molar-refractivity contribution in [2.45, 2.75) is 53.1 Å². The summed E-state index contributed by atoms with van der Waals surface area (Å²) < 4.78 is 20.6. The normalized spacial score (nSPS) is 12.2. The topological polar surface area (TPSA) is 205 Å². The molecule has 0 saturated carbocycles. The van der Waals surface area contributed by atoms with Gasteiger partial charge in [0.05, 0.1) is 46.2 Å². The summed E-state index contributed by atoms with van der Waals surface area (Å²) in [5.74, 6) is -0.613. The first kappa shape index (κ1) is 43.8. The molecule has 0 heterocycles. The molecule has 0 aromatic heterocycles. The minimum atomic E-state index is -0.855. The van der Waals surface area contributed by atoms with Gasteiger partial charge in [-0.05, 0) is 34.6 Å². The molecule has 42 heavy (non-hydrogen) atoms. The number of hydrogen-bond acceptors (Lipinski definition) is 11. The predicted molar refractivity (Wildman–Crippen MR) is 158 cm³/mol. The Morgan fingerprint density at radius 1 is 0.690 bits per heavy atom. The van der Waals surface area contributed by atoms with Crippen LogP contribution in [0.15, 0.2) is 36.5 Å². The van der Waals surface area contributed by atoms with Crippen molar-refractivity contribution in [1.29, 1.82) is 0 Å². The van der Waals surface area contributed by atoms with Crippen LogP contribution >= 0.6 is 0 Å². The molecular weight excluding hydrogens is 554 g/mol. The lowest BCUT2D eigenvalue weighted by Crippen LogP contribution is -2.30. The van der Waals surface area contributed by atoms with Gasteiger partial charge in [0.2, 0.25) is 17.7 Å². The van der Waals surface area contributed by atoms with Gasteiger partial charge >= 0.3 is 0 Å². The first-order chi connectivity index (χ1) is 19.7. The lowest BCUT2D eigenvalue weighted by atomic mass is 10.3. The molecule has 0 fully saturated rings. The van der Waals surface area contributed by atoms with E-state index in [1.54, 1.807) is 27.7 Å². The molecule has 3 unspecified atom stereocenters. The zero-order chi connectivity index (χ0) is 32.9. The molecule has 0 aliphatic carbocycles. The second-order valence-corrected chi connectivity index (χ2v) is 8.83. The van der Waals surface area contributed by atoms with Crippen LogP contribution in [0, 0.1) is 0 Å². The number of carbonyl (C=O) groups excluding carboxylic acids is 3. The van der Waals surface area contributed by atoms with Gasteiger partial charge < -0.3 is 55.3 Å². The first-order valence-electron chi connectivity index (χ1n) is 13.5. The van der Waals surface area contributed by atoms with E-state index < -0.39 is 12.2 Å². The summed E-state index contributed by atoms with van der Waals surface area (Å²) in [6, 6.07) is 0. The Kier molecular flexibility index (Phi) is 31.0. The fourth-order valence-corrected chi connectivity index (χ4v) is 2.16. The summed E-state index contributed by atoms with van der Waals surface area (Å²) in [7, 11) is 0. The minimum Gasteiger partial charge on any atom is -0.395 e. The Morgan fingerprint density at radius 3 is 1.45 bits per heavy atom. The van der Waals surface area contributed by atoms with Crippen molar-refractivity contribution >= 4 is 17.7 Å². The SMILES string of the molecule is C=C(C)C(=O)NCCO.C=C(C)C(=O)NCCOCC(O)CO.C=C(C)C(=O)NCCOCC(O)COC(C)OCC. The lowest BCUT2D eigenvalue weighted by Gasteiger charge is -2.16. The Balaban J connectivity index is -0.000000581. The number of hydrogen-bond donors (Lipinski definition) is 7. The molecule has 3 amide bonds. The molecule has 0 aromatic carbocycles. The van der Waals surface area contributed by atoms with E-state index in [1.165, 1.54) is 0 Å². The lowest BCUT2D eigenvalue weighted by molar-refractivity contribution is -0.149. The zero-order valence-electron chi connectivity index (χ0n) is 25.8. The van der Waals surface area contributed by atoms with Crippen LogP contribution in [0.4, 0.5) is 0 Å². The maximum absolute atomic E-state index is 11.1. The first-order valence-corrected chi connectivity index (χ1v) is 13.5. The summed E-state index contributed by atoms with van der Waals surface area (Å²) in [5, 5.41) is 42.8. The molecule has 0 aliphatic rings. The predicted octanol–water partition coefficient (Wildman–Crippen LogP) is -0.825. The third kappa shape index (κ3) is 31.8. The van der Waals surface area contributed by atoms with Gasteiger partial charge in [0.15, 0.2) is 6.29 Å². The van der Waals surface area contributed by atoms with Gasteiger partial charge in [-0.1, -0.05) is 19.7 Å². The highest BCUT2D eigenvalue weighted by molar-refractivity contribution is 5.92. The van der Waals surface area contributed by atoms with Gasteiger partial charge in [0.25, 0.3) is 0 Å². The van der Waals surface area contributed by atoms with Gasteiger partial charge in [0.1, 0.15) is 12.2 Å². The van der Waals surface area contributed by atoms with Crippen molar-refractivity contribution in [3.05, 3.63) is 36.5 Å². The van der Waals surface area contributed by atoms with Crippen LogP contribution in [0.1, 0.15) is 34.6 Å². The monoisotopic (exact) mass is 607 g/mol. The highest BCUT2D eigenvalue weighted by Crippen LogP contribution is 1.96. The molecule has 3 atom stereocenters. The third-order valence-electron chi connectivity index (χ3n) is 4.38. The Hall–Kier alpha value is -2.69. The molecule has 0 saturated heterocycles. The van der Waals surface area contributed by atoms with E-state index in [0.29, 0.717) is 56.2 Å². The van der Waals surface area contributed by atoms with Crippen LogP contribution < -0.4 is 16.0 Å². The van der Waals surface area contributed by atoms with Crippen molar-refractivity contribution in [2.24, 2.45) is 0 Å². The summed E-state index contributed by atoms with van der Waals surface area (Å²) in [5.41, 5.74) is 1.36. The standard InChI is InChI=1S/C13H25NO5.C9H17NO4.C6H11NO2/c1-5-18-11(4)19-9-12(15)8-17-7-6-14-13(16)10(2)3;1-7(2)9(13)10-3-4-14-6-8(12)5-11;1-5(2)6(9)7-3-4-8/h11-12,15H,2,5-9H2,1,3-4H3,(H,14,16);8,11-12H,1,3-6H2,2H3,(H,10,13);8H,1,3-4H2,2H3,(H,7,9). The summed E-state index contributed by atoms with van der Waals surface area (Å²) in [6.45, 7) is 21.2. The number of aliphatic hydroxyl groups excluding tert-OH is 4. The number of rotatable bonds is 21. The van der Waals surface area contributed by atoms with Crippen molar-refractivity contribution in [2.75, 3.05) is 72.5 Å². The summed E-state index contributed by atoms with van der Waals surface area (Å²) in [6.07, 6.45) is -1.90. The molecule has 14 nitrogen and oxygen atoms in total. The van der Waals surface area contributed by atoms with Crippen LogP contribution in [-0.4, -0.2) is 129 Å². The van der Waals surface area contributed by atoms with Gasteiger partial charge in [0, 0.05) is 43.0 Å². The molecule has 0 bridgehead atoms. The number of aliphatic hydroxyl groups is 4. The van der Waals surface area contributed by atoms with Crippen LogP contribution in [-0.2, 0) is 33.3 Å². The number of carbonyl (C=O) groups is 3. The average molecular weight is 608 g/mol. The fourth-order valence-electron chi connectivity index (χ4n) is 2.16. The van der Waals surface area contributed by atoms with Crippen LogP contribution in [0.3, 0.4) is 0 Å². The Labute approximate surface area is 249 Å². The number of amides is 3. The van der Waals surface area contributed by atoms with Crippen molar-refractivity contribution < 1.29 is 53.8 Å².